The Hall–Kier alpha value is -3.48. The van der Waals surface area contributed by atoms with Crippen LogP contribution in [-0.2, 0) is 9.53 Å². The molecule has 2 amide bonds. The van der Waals surface area contributed by atoms with Crippen molar-refractivity contribution in [2.24, 2.45) is 5.10 Å². The van der Waals surface area contributed by atoms with Crippen LogP contribution < -0.4 is 10.7 Å². The van der Waals surface area contributed by atoms with E-state index in [0.29, 0.717) is 0 Å². The Labute approximate surface area is 124 Å². The smallest absolute Gasteiger partial charge is 0.414 e. The molecule has 0 aromatic heterocycles. The Kier molecular flexibility index (Phi) is 5.99. The summed E-state index contributed by atoms with van der Waals surface area (Å²) >= 11 is 0. The lowest BCUT2D eigenvalue weighted by molar-refractivity contribution is -0.384. The van der Waals surface area contributed by atoms with Gasteiger partial charge >= 0.3 is 6.09 Å². The molecule has 114 valence electrons. The highest BCUT2D eigenvalue weighted by Gasteiger charge is 2.15. The number of nitro groups is 1. The molecule has 0 saturated heterocycles. The van der Waals surface area contributed by atoms with E-state index in [1.165, 1.54) is 30.3 Å². The third-order valence-electron chi connectivity index (χ3n) is 2.17. The highest BCUT2D eigenvalue weighted by Crippen LogP contribution is 2.16. The number of anilines is 1. The number of nitrogens with zero attached hydrogens (tertiary/aromatic N) is 3. The van der Waals surface area contributed by atoms with Gasteiger partial charge in [-0.1, -0.05) is 6.07 Å². The van der Waals surface area contributed by atoms with Crippen molar-refractivity contribution < 1.29 is 19.2 Å². The van der Waals surface area contributed by atoms with Crippen LogP contribution >= 0.6 is 0 Å². The van der Waals surface area contributed by atoms with E-state index < -0.39 is 22.6 Å². The van der Waals surface area contributed by atoms with E-state index in [9.17, 15) is 19.7 Å². The van der Waals surface area contributed by atoms with Crippen molar-refractivity contribution >= 4 is 29.1 Å². The normalized spacial score (nSPS) is 10.3. The van der Waals surface area contributed by atoms with Crippen LogP contribution in [0.15, 0.2) is 29.4 Å². The van der Waals surface area contributed by atoms with E-state index in [1.807, 2.05) is 0 Å². The number of imide groups is 1. The highest BCUT2D eigenvalue weighted by atomic mass is 16.6. The number of hydrogen-bond donors (Lipinski definition) is 2. The van der Waals surface area contributed by atoms with Gasteiger partial charge in [-0.2, -0.15) is 10.4 Å². The lowest BCUT2D eigenvalue weighted by Crippen LogP contribution is -2.36. The molecule has 1 aromatic carbocycles. The van der Waals surface area contributed by atoms with E-state index in [1.54, 1.807) is 12.2 Å². The second-order valence-corrected chi connectivity index (χ2v) is 3.67. The molecule has 0 atom stereocenters. The average Bonchev–Trinajstić information content (AvgIpc) is 2.48. The standard InChI is InChI=1S/C12H11N5O5/c1-2-22-12(19)14-11(18)10(7-13)16-15-8-4-3-5-9(6-8)17(20)21/h3-6,15H,2H2,1H3,(H,14,18,19)/b16-10-. The summed E-state index contributed by atoms with van der Waals surface area (Å²) in [7, 11) is 0. The van der Waals surface area contributed by atoms with Gasteiger partial charge < -0.3 is 4.74 Å². The van der Waals surface area contributed by atoms with E-state index >= 15 is 0 Å². The molecule has 0 unspecified atom stereocenters. The fraction of sp³-hybridized carbons (Fsp3) is 0.167. The Morgan fingerprint density at radius 2 is 2.23 bits per heavy atom. The Morgan fingerprint density at radius 1 is 1.50 bits per heavy atom. The number of nitrogens with one attached hydrogen (secondary N) is 2. The van der Waals surface area contributed by atoms with Gasteiger partial charge in [-0.15, -0.1) is 0 Å². The van der Waals surface area contributed by atoms with E-state index in [0.717, 1.165) is 0 Å². The molecule has 10 nitrogen and oxygen atoms in total. The predicted molar refractivity (Wildman–Crippen MR) is 74.9 cm³/mol. The second-order valence-electron chi connectivity index (χ2n) is 3.67. The summed E-state index contributed by atoms with van der Waals surface area (Å²) in [6.07, 6.45) is -1.01. The van der Waals surface area contributed by atoms with Crippen LogP contribution in [0.1, 0.15) is 6.92 Å². The molecule has 0 fully saturated rings. The minimum Gasteiger partial charge on any atom is -0.450 e. The van der Waals surface area contributed by atoms with Crippen molar-refractivity contribution in [3.05, 3.63) is 34.4 Å². The van der Waals surface area contributed by atoms with Crippen LogP contribution in [0.25, 0.3) is 0 Å². The van der Waals surface area contributed by atoms with Crippen molar-refractivity contribution in [3.8, 4) is 6.07 Å². The molecule has 0 heterocycles. The maximum atomic E-state index is 11.5. The Balaban J connectivity index is 2.79. The van der Waals surface area contributed by atoms with Gasteiger partial charge in [0, 0.05) is 12.1 Å². The van der Waals surface area contributed by atoms with Crippen molar-refractivity contribution in [1.82, 2.24) is 5.32 Å². The molecule has 0 aliphatic heterocycles. The molecule has 22 heavy (non-hydrogen) atoms. The number of benzene rings is 1. The third kappa shape index (κ3) is 4.89. The van der Waals surface area contributed by atoms with Crippen molar-refractivity contribution in [2.75, 3.05) is 12.0 Å². The van der Waals surface area contributed by atoms with Gasteiger partial charge in [0.25, 0.3) is 11.6 Å². The number of hydrogen-bond acceptors (Lipinski definition) is 8. The largest absolute Gasteiger partial charge is 0.450 e. The summed E-state index contributed by atoms with van der Waals surface area (Å²) in [6, 6.07) is 6.79. The summed E-state index contributed by atoms with van der Waals surface area (Å²) < 4.78 is 4.48. The fourth-order valence-electron chi connectivity index (χ4n) is 1.26. The number of hydrazone groups is 1. The van der Waals surface area contributed by atoms with Crippen LogP contribution in [0.2, 0.25) is 0 Å². The van der Waals surface area contributed by atoms with Crippen molar-refractivity contribution in [3.63, 3.8) is 0 Å². The first kappa shape index (κ1) is 16.6. The van der Waals surface area contributed by atoms with Crippen molar-refractivity contribution in [1.29, 1.82) is 5.26 Å². The molecule has 0 saturated carbocycles. The van der Waals surface area contributed by atoms with Crippen LogP contribution in [0.4, 0.5) is 16.2 Å². The molecule has 1 aromatic rings. The number of non-ortho nitro benzene ring substituents is 1. The highest BCUT2D eigenvalue weighted by molar-refractivity contribution is 6.46. The molecular weight excluding hydrogens is 294 g/mol. The number of amides is 2. The summed E-state index contributed by atoms with van der Waals surface area (Å²) in [5.41, 5.74) is 1.70. The molecule has 0 radical (unpaired) electrons. The minimum atomic E-state index is -1.06. The number of rotatable bonds is 5. The zero-order chi connectivity index (χ0) is 16.5. The third-order valence-corrected chi connectivity index (χ3v) is 2.17. The number of carbonyl (C=O) groups excluding carboxylic acids is 2. The van der Waals surface area contributed by atoms with Gasteiger partial charge in [0.1, 0.15) is 6.07 Å². The number of ether oxygens (including phenoxy) is 1. The molecular formula is C12H11N5O5. The molecule has 2 N–H and O–H groups in total. The number of alkyl carbamates (subject to hydrolysis) is 1. The summed E-state index contributed by atoms with van der Waals surface area (Å²) in [5, 5.41) is 24.7. The number of nitro benzene ring substituents is 1. The summed E-state index contributed by atoms with van der Waals surface area (Å²) in [4.78, 5) is 32.6. The van der Waals surface area contributed by atoms with Crippen LogP contribution in [0, 0.1) is 21.4 Å². The van der Waals surface area contributed by atoms with Crippen LogP contribution in [-0.4, -0.2) is 29.2 Å². The van der Waals surface area contributed by atoms with Gasteiger partial charge in [0.05, 0.1) is 17.2 Å². The van der Waals surface area contributed by atoms with Crippen LogP contribution in [0.5, 0.6) is 0 Å². The monoisotopic (exact) mass is 305 g/mol. The van der Waals surface area contributed by atoms with Gasteiger partial charge in [-0.3, -0.25) is 25.7 Å². The fourth-order valence-corrected chi connectivity index (χ4v) is 1.26. The summed E-state index contributed by atoms with van der Waals surface area (Å²) in [5.74, 6) is -1.06. The maximum Gasteiger partial charge on any atom is 0.414 e. The lowest BCUT2D eigenvalue weighted by Gasteiger charge is -2.03. The molecule has 0 aliphatic carbocycles. The quantitative estimate of drug-likeness (QED) is 0.471. The number of nitriles is 1. The zero-order valence-electron chi connectivity index (χ0n) is 11.4. The molecule has 10 heteroatoms. The van der Waals surface area contributed by atoms with Gasteiger partial charge in [-0.05, 0) is 13.0 Å². The maximum absolute atomic E-state index is 11.5. The molecule has 0 spiro atoms. The van der Waals surface area contributed by atoms with Crippen LogP contribution in [0.3, 0.4) is 0 Å². The Bertz CT molecular complexity index is 664. The molecule has 1 rings (SSSR count). The first-order valence-electron chi connectivity index (χ1n) is 5.94. The minimum absolute atomic E-state index is 0.0596. The van der Waals surface area contributed by atoms with Crippen molar-refractivity contribution in [2.45, 2.75) is 6.92 Å². The topological polar surface area (TPSA) is 147 Å². The zero-order valence-corrected chi connectivity index (χ0v) is 11.4. The molecule has 0 bridgehead atoms. The lowest BCUT2D eigenvalue weighted by atomic mass is 10.3. The van der Waals surface area contributed by atoms with E-state index in [2.05, 4.69) is 15.3 Å². The van der Waals surface area contributed by atoms with Gasteiger partial charge in [-0.25, -0.2) is 4.79 Å². The van der Waals surface area contributed by atoms with E-state index in [4.69, 9.17) is 5.26 Å². The molecule has 0 aliphatic rings. The van der Waals surface area contributed by atoms with E-state index in [-0.39, 0.29) is 18.0 Å². The SMILES string of the molecule is CCOC(=O)NC(=O)/C(C#N)=N\Nc1cccc([N+](=O)[O-])c1. The summed E-state index contributed by atoms with van der Waals surface area (Å²) in [6.45, 7) is 1.61. The van der Waals surface area contributed by atoms with Gasteiger partial charge in [0.15, 0.2) is 0 Å². The predicted octanol–water partition coefficient (Wildman–Crippen LogP) is 1.16. The van der Waals surface area contributed by atoms with Gasteiger partial charge in [0.2, 0.25) is 5.71 Å². The second kappa shape index (κ2) is 7.95. The average molecular weight is 305 g/mol. The number of carbonyl (C=O) groups is 2. The first-order chi connectivity index (χ1) is 10.5. The Morgan fingerprint density at radius 3 is 2.82 bits per heavy atom. The first-order valence-corrected chi connectivity index (χ1v) is 5.94.